The lowest BCUT2D eigenvalue weighted by Crippen LogP contribution is -2.28. The van der Waals surface area contributed by atoms with E-state index in [9.17, 15) is 0 Å². The summed E-state index contributed by atoms with van der Waals surface area (Å²) in [5, 5.41) is 8.88. The normalized spacial score (nSPS) is 17.1. The van der Waals surface area contributed by atoms with Gasteiger partial charge >= 0.3 is 0 Å². The third-order valence-electron chi connectivity index (χ3n) is 1.92. The van der Waals surface area contributed by atoms with Crippen LogP contribution in [0.3, 0.4) is 0 Å². The first kappa shape index (κ1) is 13.1. The van der Waals surface area contributed by atoms with Gasteiger partial charge in [-0.05, 0) is 37.9 Å². The van der Waals surface area contributed by atoms with Gasteiger partial charge in [0.05, 0.1) is 0 Å². The van der Waals surface area contributed by atoms with Crippen molar-refractivity contribution in [2.45, 2.75) is 39.9 Å². The predicted octanol–water partition coefficient (Wildman–Crippen LogP) is 2.49. The summed E-state index contributed by atoms with van der Waals surface area (Å²) in [6.45, 7) is 12.0. The Hall–Kier alpha value is 0.137. The van der Waals surface area contributed by atoms with Crippen molar-refractivity contribution in [2.75, 3.05) is 13.2 Å². The summed E-state index contributed by atoms with van der Waals surface area (Å²) >= 11 is 0. The first-order valence-electron chi connectivity index (χ1n) is 5.10. The van der Waals surface area contributed by atoms with Crippen LogP contribution in [0.2, 0.25) is 19.6 Å². The maximum absolute atomic E-state index is 8.88. The zero-order chi connectivity index (χ0) is 10.5. The van der Waals surface area contributed by atoms with Gasteiger partial charge < -0.3 is 9.53 Å². The molecule has 0 aromatic carbocycles. The molecule has 0 aromatic rings. The Balaban J connectivity index is 3.57. The molecule has 1 N–H and O–H groups in total. The van der Waals surface area contributed by atoms with Crippen LogP contribution in [0.1, 0.15) is 20.3 Å². The lowest BCUT2D eigenvalue weighted by atomic mass is 9.99. The highest BCUT2D eigenvalue weighted by atomic mass is 28.4. The molecule has 2 nitrogen and oxygen atoms in total. The van der Waals surface area contributed by atoms with E-state index < -0.39 is 8.32 Å². The van der Waals surface area contributed by atoms with Crippen LogP contribution in [-0.2, 0) is 4.43 Å². The van der Waals surface area contributed by atoms with Crippen LogP contribution in [0.15, 0.2) is 0 Å². The van der Waals surface area contributed by atoms with Crippen molar-refractivity contribution in [3.63, 3.8) is 0 Å². The van der Waals surface area contributed by atoms with Crippen LogP contribution in [0.25, 0.3) is 0 Å². The number of aliphatic hydroxyl groups excluding tert-OH is 1. The molecule has 0 radical (unpaired) electrons. The molecule has 0 heterocycles. The summed E-state index contributed by atoms with van der Waals surface area (Å²) in [5.41, 5.74) is 0. The fourth-order valence-electron chi connectivity index (χ4n) is 1.22. The van der Waals surface area contributed by atoms with E-state index in [0.29, 0.717) is 11.8 Å². The summed E-state index contributed by atoms with van der Waals surface area (Å²) in [4.78, 5) is 0. The second-order valence-corrected chi connectivity index (χ2v) is 9.57. The van der Waals surface area contributed by atoms with Gasteiger partial charge in [0.25, 0.3) is 0 Å². The minimum atomic E-state index is -1.34. The molecule has 0 saturated carbocycles. The highest BCUT2D eigenvalue weighted by Crippen LogP contribution is 2.13. The molecule has 0 aliphatic carbocycles. The number of hydrogen-bond acceptors (Lipinski definition) is 2. The fraction of sp³-hybridized carbons (Fsp3) is 1.00. The van der Waals surface area contributed by atoms with E-state index in [1.54, 1.807) is 0 Å². The molecule has 0 rings (SSSR count). The smallest absolute Gasteiger partial charge is 0.183 e. The van der Waals surface area contributed by atoms with Crippen molar-refractivity contribution >= 4 is 8.32 Å². The summed E-state index contributed by atoms with van der Waals surface area (Å²) < 4.78 is 5.79. The zero-order valence-electron chi connectivity index (χ0n) is 9.63. The van der Waals surface area contributed by atoms with Crippen molar-refractivity contribution in [1.29, 1.82) is 0 Å². The Bertz CT molecular complexity index is 131. The van der Waals surface area contributed by atoms with E-state index >= 15 is 0 Å². The predicted molar refractivity (Wildman–Crippen MR) is 59.3 cm³/mol. The van der Waals surface area contributed by atoms with Crippen LogP contribution >= 0.6 is 0 Å². The molecule has 2 atom stereocenters. The third kappa shape index (κ3) is 8.47. The summed E-state index contributed by atoms with van der Waals surface area (Å²) in [5.74, 6) is 0.967. The van der Waals surface area contributed by atoms with E-state index in [-0.39, 0.29) is 6.61 Å². The molecular weight excluding hydrogens is 180 g/mol. The summed E-state index contributed by atoms with van der Waals surface area (Å²) in [6.07, 6.45) is 1.06. The number of hydrogen-bond donors (Lipinski definition) is 1. The highest BCUT2D eigenvalue weighted by molar-refractivity contribution is 6.69. The molecule has 0 bridgehead atoms. The first-order valence-corrected chi connectivity index (χ1v) is 8.50. The molecule has 80 valence electrons. The van der Waals surface area contributed by atoms with Crippen molar-refractivity contribution in [3.05, 3.63) is 0 Å². The average Bonchev–Trinajstić information content (AvgIpc) is 1.99. The second-order valence-electron chi connectivity index (χ2n) is 5.05. The van der Waals surface area contributed by atoms with E-state index in [0.717, 1.165) is 13.0 Å². The van der Waals surface area contributed by atoms with E-state index in [4.69, 9.17) is 9.53 Å². The van der Waals surface area contributed by atoms with Gasteiger partial charge in [-0.3, -0.25) is 0 Å². The quantitative estimate of drug-likeness (QED) is 0.674. The van der Waals surface area contributed by atoms with Gasteiger partial charge in [-0.15, -0.1) is 0 Å². The van der Waals surface area contributed by atoms with Crippen LogP contribution in [0.5, 0.6) is 0 Å². The molecule has 3 heteroatoms. The molecule has 0 aliphatic rings. The summed E-state index contributed by atoms with van der Waals surface area (Å²) in [7, 11) is -1.34. The third-order valence-corrected chi connectivity index (χ3v) is 2.95. The monoisotopic (exact) mass is 204 g/mol. The number of aliphatic hydroxyl groups is 1. The Morgan fingerprint density at radius 1 is 1.15 bits per heavy atom. The standard InChI is InChI=1S/C10H24O2Si/c1-9(7-11)6-10(2)8-12-13(3,4)5/h9-11H,6-8H2,1-5H3/t9-,10-/m0/s1. The Kier molecular flexibility index (Phi) is 5.84. The van der Waals surface area contributed by atoms with Gasteiger partial charge in [0.15, 0.2) is 8.32 Å². The summed E-state index contributed by atoms with van der Waals surface area (Å²) in [6, 6.07) is 0. The van der Waals surface area contributed by atoms with Gasteiger partial charge in [0.1, 0.15) is 0 Å². The van der Waals surface area contributed by atoms with Crippen molar-refractivity contribution < 1.29 is 9.53 Å². The Morgan fingerprint density at radius 3 is 2.08 bits per heavy atom. The molecule has 13 heavy (non-hydrogen) atoms. The van der Waals surface area contributed by atoms with Crippen molar-refractivity contribution in [1.82, 2.24) is 0 Å². The van der Waals surface area contributed by atoms with Gasteiger partial charge in [-0.25, -0.2) is 0 Å². The van der Waals surface area contributed by atoms with Gasteiger partial charge in [0, 0.05) is 13.2 Å². The molecule has 0 saturated heterocycles. The second kappa shape index (κ2) is 5.78. The molecule has 0 aliphatic heterocycles. The van der Waals surface area contributed by atoms with Crippen molar-refractivity contribution in [2.24, 2.45) is 11.8 Å². The average molecular weight is 204 g/mol. The Labute approximate surface area is 83.4 Å². The lowest BCUT2D eigenvalue weighted by molar-refractivity contribution is 0.184. The first-order chi connectivity index (χ1) is 5.85. The molecule has 0 spiro atoms. The fourth-order valence-corrected chi connectivity index (χ4v) is 2.01. The largest absolute Gasteiger partial charge is 0.417 e. The van der Waals surface area contributed by atoms with Crippen LogP contribution in [-0.4, -0.2) is 26.6 Å². The van der Waals surface area contributed by atoms with E-state index in [1.165, 1.54) is 0 Å². The number of rotatable bonds is 6. The van der Waals surface area contributed by atoms with E-state index in [2.05, 4.69) is 33.5 Å². The van der Waals surface area contributed by atoms with Crippen LogP contribution in [0.4, 0.5) is 0 Å². The Morgan fingerprint density at radius 2 is 1.69 bits per heavy atom. The maximum atomic E-state index is 8.88. The van der Waals surface area contributed by atoms with Gasteiger partial charge in [-0.2, -0.15) is 0 Å². The topological polar surface area (TPSA) is 29.5 Å². The maximum Gasteiger partial charge on any atom is 0.183 e. The van der Waals surface area contributed by atoms with Gasteiger partial charge in [-0.1, -0.05) is 13.8 Å². The lowest BCUT2D eigenvalue weighted by Gasteiger charge is -2.22. The minimum Gasteiger partial charge on any atom is -0.417 e. The molecule has 0 fully saturated rings. The SMILES string of the molecule is C[C@H](CO)C[C@H](C)CO[Si](C)(C)C. The van der Waals surface area contributed by atoms with Gasteiger partial charge in [0.2, 0.25) is 0 Å². The molecule has 0 amide bonds. The zero-order valence-corrected chi connectivity index (χ0v) is 10.6. The molecule has 0 unspecified atom stereocenters. The molecular formula is C10H24O2Si. The van der Waals surface area contributed by atoms with Crippen LogP contribution in [0, 0.1) is 11.8 Å². The highest BCUT2D eigenvalue weighted by Gasteiger charge is 2.16. The van der Waals surface area contributed by atoms with Crippen LogP contribution < -0.4 is 0 Å². The molecule has 0 aromatic heterocycles. The minimum absolute atomic E-state index is 0.289. The van der Waals surface area contributed by atoms with E-state index in [1.807, 2.05) is 0 Å². The van der Waals surface area contributed by atoms with Crippen molar-refractivity contribution in [3.8, 4) is 0 Å².